The van der Waals surface area contributed by atoms with Crippen molar-refractivity contribution in [3.63, 3.8) is 0 Å². The van der Waals surface area contributed by atoms with Crippen LogP contribution in [0, 0.1) is 5.41 Å². The molecule has 148 valence electrons. The summed E-state index contributed by atoms with van der Waals surface area (Å²) in [4.78, 5) is 26.6. The monoisotopic (exact) mass is 380 g/mol. The fourth-order valence-corrected chi connectivity index (χ4v) is 3.98. The van der Waals surface area contributed by atoms with Crippen molar-refractivity contribution in [1.29, 1.82) is 0 Å². The molecule has 0 aromatic heterocycles. The quantitative estimate of drug-likeness (QED) is 0.838. The minimum Gasteiger partial charge on any atom is -0.375 e. The lowest BCUT2D eigenvalue weighted by molar-refractivity contribution is -0.142. The molecule has 0 aliphatic carbocycles. The van der Waals surface area contributed by atoms with Crippen LogP contribution in [0.25, 0.3) is 11.1 Å². The Morgan fingerprint density at radius 3 is 2.18 bits per heavy atom. The smallest absolute Gasteiger partial charge is 0.248 e. The van der Waals surface area contributed by atoms with E-state index in [-0.39, 0.29) is 18.4 Å². The second-order valence-electron chi connectivity index (χ2n) is 7.41. The van der Waals surface area contributed by atoms with E-state index in [1.54, 1.807) is 11.9 Å². The maximum atomic E-state index is 12.7. The lowest BCUT2D eigenvalue weighted by Crippen LogP contribution is -2.51. The van der Waals surface area contributed by atoms with Crippen molar-refractivity contribution in [3.05, 3.63) is 60.2 Å². The fourth-order valence-electron chi connectivity index (χ4n) is 3.98. The highest BCUT2D eigenvalue weighted by Crippen LogP contribution is 2.36. The van der Waals surface area contributed by atoms with Crippen molar-refractivity contribution >= 4 is 11.8 Å². The minimum absolute atomic E-state index is 0.0137. The van der Waals surface area contributed by atoms with Crippen LogP contribution < -0.4 is 5.32 Å². The number of amides is 2. The van der Waals surface area contributed by atoms with E-state index in [2.05, 4.69) is 41.7 Å². The summed E-state index contributed by atoms with van der Waals surface area (Å²) in [6.45, 7) is 1.25. The van der Waals surface area contributed by atoms with Crippen LogP contribution in [0.5, 0.6) is 0 Å². The molecule has 0 saturated carbocycles. The van der Waals surface area contributed by atoms with Gasteiger partial charge in [-0.25, -0.2) is 0 Å². The number of hydrogen-bond donors (Lipinski definition) is 1. The molecule has 0 radical (unpaired) electrons. The Balaban J connectivity index is 1.73. The Hall–Kier alpha value is -2.66. The summed E-state index contributed by atoms with van der Waals surface area (Å²) >= 11 is 0. The number of benzene rings is 2. The number of carbonyl (C=O) groups is 2. The van der Waals surface area contributed by atoms with Gasteiger partial charge < -0.3 is 15.0 Å². The highest BCUT2D eigenvalue weighted by atomic mass is 16.5. The first-order chi connectivity index (χ1) is 13.6. The molecule has 5 nitrogen and oxygen atoms in total. The highest BCUT2D eigenvalue weighted by Gasteiger charge is 2.41. The van der Waals surface area contributed by atoms with Crippen LogP contribution in [0.2, 0.25) is 0 Å². The Morgan fingerprint density at radius 1 is 1.00 bits per heavy atom. The predicted molar refractivity (Wildman–Crippen MR) is 110 cm³/mol. The van der Waals surface area contributed by atoms with E-state index in [9.17, 15) is 9.59 Å². The van der Waals surface area contributed by atoms with Crippen LogP contribution in [-0.4, -0.2) is 50.6 Å². The van der Waals surface area contributed by atoms with Crippen LogP contribution in [0.3, 0.4) is 0 Å². The maximum Gasteiger partial charge on any atom is 0.248 e. The van der Waals surface area contributed by atoms with Crippen LogP contribution in [0.1, 0.15) is 18.4 Å². The van der Waals surface area contributed by atoms with Gasteiger partial charge in [-0.05, 0) is 36.0 Å². The minimum atomic E-state index is -0.479. The van der Waals surface area contributed by atoms with Gasteiger partial charge in [0, 0.05) is 27.2 Å². The van der Waals surface area contributed by atoms with Crippen LogP contribution in [0.15, 0.2) is 54.6 Å². The lowest BCUT2D eigenvalue weighted by atomic mass is 9.73. The molecule has 1 aliphatic rings. The van der Waals surface area contributed by atoms with Crippen molar-refractivity contribution in [2.24, 2.45) is 5.41 Å². The summed E-state index contributed by atoms with van der Waals surface area (Å²) in [5.74, 6) is 0.0405. The highest BCUT2D eigenvalue weighted by molar-refractivity contribution is 5.84. The fraction of sp³-hybridized carbons (Fsp3) is 0.391. The van der Waals surface area contributed by atoms with Crippen molar-refractivity contribution < 1.29 is 14.3 Å². The summed E-state index contributed by atoms with van der Waals surface area (Å²) in [5.41, 5.74) is 3.01. The maximum absolute atomic E-state index is 12.7. The molecule has 1 fully saturated rings. The third-order valence-corrected chi connectivity index (χ3v) is 5.65. The third kappa shape index (κ3) is 4.42. The van der Waals surface area contributed by atoms with Crippen LogP contribution >= 0.6 is 0 Å². The summed E-state index contributed by atoms with van der Waals surface area (Å²) in [7, 11) is 3.21. The number of likely N-dealkylation sites (tertiary alicyclic amines) is 1. The first-order valence-corrected chi connectivity index (χ1v) is 9.71. The Labute approximate surface area is 166 Å². The zero-order valence-electron chi connectivity index (χ0n) is 16.6. The summed E-state index contributed by atoms with van der Waals surface area (Å²) in [6.07, 6.45) is 1.99. The van der Waals surface area contributed by atoms with Gasteiger partial charge in [0.25, 0.3) is 0 Å². The molecule has 1 N–H and O–H groups in total. The van der Waals surface area contributed by atoms with Crippen molar-refractivity contribution in [2.45, 2.75) is 19.3 Å². The van der Waals surface area contributed by atoms with E-state index in [1.165, 1.54) is 18.2 Å². The standard InChI is InChI=1S/C23H28N2O3/c1-24-22(27)23(12-14-25(15-13-23)21(26)17-28-2)16-18-8-10-20(11-9-18)19-6-4-3-5-7-19/h3-11H,12-17H2,1-2H3,(H,24,27). The van der Waals surface area contributed by atoms with Crippen LogP contribution in [0.4, 0.5) is 0 Å². The van der Waals surface area contributed by atoms with Crippen molar-refractivity contribution in [1.82, 2.24) is 10.2 Å². The number of methoxy groups -OCH3 is 1. The molecule has 5 heteroatoms. The molecule has 1 saturated heterocycles. The summed E-state index contributed by atoms with van der Waals surface area (Å²) in [5, 5.41) is 2.84. The topological polar surface area (TPSA) is 58.6 Å². The van der Waals surface area contributed by atoms with Crippen molar-refractivity contribution in [2.75, 3.05) is 33.9 Å². The third-order valence-electron chi connectivity index (χ3n) is 5.65. The molecular weight excluding hydrogens is 352 g/mol. The number of carbonyl (C=O) groups excluding carboxylic acids is 2. The number of hydrogen-bond acceptors (Lipinski definition) is 3. The Bertz CT molecular complexity index is 794. The predicted octanol–water partition coefficient (Wildman–Crippen LogP) is 2.90. The molecule has 0 spiro atoms. The van der Waals surface area contributed by atoms with E-state index in [0.717, 1.165) is 5.56 Å². The second kappa shape index (κ2) is 9.02. The SMILES string of the molecule is CNC(=O)C1(Cc2ccc(-c3ccccc3)cc2)CCN(C(=O)COC)CC1. The molecule has 0 bridgehead atoms. The number of ether oxygens (including phenoxy) is 1. The molecule has 1 heterocycles. The van der Waals surface area contributed by atoms with E-state index in [4.69, 9.17) is 4.74 Å². The van der Waals surface area contributed by atoms with E-state index in [0.29, 0.717) is 32.4 Å². The average molecular weight is 380 g/mol. The molecule has 1 aliphatic heterocycles. The van der Waals surface area contributed by atoms with Gasteiger partial charge in [0.05, 0.1) is 5.41 Å². The van der Waals surface area contributed by atoms with Gasteiger partial charge in [0.2, 0.25) is 11.8 Å². The number of piperidine rings is 1. The lowest BCUT2D eigenvalue weighted by Gasteiger charge is -2.40. The van der Waals surface area contributed by atoms with Gasteiger partial charge in [-0.3, -0.25) is 9.59 Å². The van der Waals surface area contributed by atoms with Crippen molar-refractivity contribution in [3.8, 4) is 11.1 Å². The van der Waals surface area contributed by atoms with Gasteiger partial charge in [-0.2, -0.15) is 0 Å². The number of rotatable bonds is 6. The Morgan fingerprint density at radius 2 is 1.61 bits per heavy atom. The summed E-state index contributed by atoms with van der Waals surface area (Å²) in [6, 6.07) is 18.7. The van der Waals surface area contributed by atoms with Gasteiger partial charge in [-0.15, -0.1) is 0 Å². The van der Waals surface area contributed by atoms with Gasteiger partial charge in [-0.1, -0.05) is 54.6 Å². The summed E-state index contributed by atoms with van der Waals surface area (Å²) < 4.78 is 4.95. The van der Waals surface area contributed by atoms with E-state index < -0.39 is 5.41 Å². The second-order valence-corrected chi connectivity index (χ2v) is 7.41. The zero-order valence-corrected chi connectivity index (χ0v) is 16.6. The van der Waals surface area contributed by atoms with E-state index >= 15 is 0 Å². The average Bonchev–Trinajstić information content (AvgIpc) is 2.75. The zero-order chi connectivity index (χ0) is 20.0. The van der Waals surface area contributed by atoms with Gasteiger partial charge >= 0.3 is 0 Å². The molecule has 3 rings (SSSR count). The first kappa shape index (κ1) is 20.1. The molecule has 2 amide bonds. The normalized spacial score (nSPS) is 15.9. The largest absolute Gasteiger partial charge is 0.375 e. The number of nitrogens with one attached hydrogen (secondary N) is 1. The van der Waals surface area contributed by atoms with Gasteiger partial charge in [0.1, 0.15) is 6.61 Å². The Kier molecular flexibility index (Phi) is 6.47. The molecule has 28 heavy (non-hydrogen) atoms. The molecule has 2 aromatic rings. The first-order valence-electron chi connectivity index (χ1n) is 9.71. The molecule has 0 atom stereocenters. The van der Waals surface area contributed by atoms with Gasteiger partial charge in [0.15, 0.2) is 0 Å². The number of nitrogens with zero attached hydrogens (tertiary/aromatic N) is 1. The molecule has 0 unspecified atom stereocenters. The van der Waals surface area contributed by atoms with E-state index in [1.807, 2.05) is 18.2 Å². The molecule has 2 aromatic carbocycles. The van der Waals surface area contributed by atoms with Crippen LogP contribution in [-0.2, 0) is 20.7 Å². The molecular formula is C23H28N2O3.